The van der Waals surface area contributed by atoms with Crippen LogP contribution in [0.3, 0.4) is 0 Å². The van der Waals surface area contributed by atoms with Gasteiger partial charge >= 0.3 is 0 Å². The van der Waals surface area contributed by atoms with Crippen LogP contribution in [0.2, 0.25) is 0 Å². The number of unbranched alkanes of at least 4 members (excludes halogenated alkanes) is 1. The zero-order valence-electron chi connectivity index (χ0n) is 17.7. The monoisotopic (exact) mass is 410 g/mol. The van der Waals surface area contributed by atoms with Crippen molar-refractivity contribution in [3.05, 3.63) is 106 Å². The molecule has 1 N–H and O–H groups in total. The molecule has 4 nitrogen and oxygen atoms in total. The van der Waals surface area contributed by atoms with Crippen molar-refractivity contribution in [1.29, 1.82) is 0 Å². The summed E-state index contributed by atoms with van der Waals surface area (Å²) in [6.07, 6.45) is 5.06. The van der Waals surface area contributed by atoms with E-state index >= 15 is 0 Å². The predicted octanol–water partition coefficient (Wildman–Crippen LogP) is 5.85. The van der Waals surface area contributed by atoms with E-state index in [1.165, 1.54) is 23.0 Å². The molecule has 0 amide bonds. The second-order valence-corrected chi connectivity index (χ2v) is 7.69. The maximum Gasteiger partial charge on any atom is 0.261 e. The van der Waals surface area contributed by atoms with Crippen LogP contribution in [0.5, 0.6) is 5.88 Å². The number of pyridine rings is 1. The molecule has 4 rings (SSSR count). The fourth-order valence-electron chi connectivity index (χ4n) is 3.72. The van der Waals surface area contributed by atoms with E-state index in [2.05, 4.69) is 24.0 Å². The number of fused-ring (bicyclic) bond motifs is 1. The van der Waals surface area contributed by atoms with Crippen LogP contribution in [0.1, 0.15) is 36.5 Å². The molecule has 0 atom stereocenters. The summed E-state index contributed by atoms with van der Waals surface area (Å²) in [4.78, 5) is 17.6. The minimum absolute atomic E-state index is 0.0733. The Morgan fingerprint density at radius 2 is 1.55 bits per heavy atom. The molecule has 3 aromatic carbocycles. The Morgan fingerprint density at radius 1 is 0.871 bits per heavy atom. The van der Waals surface area contributed by atoms with Crippen molar-refractivity contribution in [3.8, 4) is 5.88 Å². The molecular formula is C27H26N2O2. The lowest BCUT2D eigenvalue weighted by Crippen LogP contribution is -2.22. The Kier molecular flexibility index (Phi) is 6.27. The van der Waals surface area contributed by atoms with Crippen LogP contribution in [0.15, 0.2) is 88.6 Å². The van der Waals surface area contributed by atoms with Gasteiger partial charge in [0.25, 0.3) is 5.56 Å². The van der Waals surface area contributed by atoms with Gasteiger partial charge in [0.15, 0.2) is 0 Å². The van der Waals surface area contributed by atoms with E-state index < -0.39 is 0 Å². The summed E-state index contributed by atoms with van der Waals surface area (Å²) in [7, 11) is 0. The molecule has 0 unspecified atom stereocenters. The zero-order chi connectivity index (χ0) is 21.6. The first-order valence-corrected chi connectivity index (χ1v) is 10.7. The van der Waals surface area contributed by atoms with Crippen molar-refractivity contribution in [3.63, 3.8) is 0 Å². The number of rotatable bonds is 7. The maximum absolute atomic E-state index is 13.1. The molecule has 4 aromatic rings. The topological polar surface area (TPSA) is 54.6 Å². The number of aromatic nitrogens is 1. The first kappa shape index (κ1) is 20.6. The molecule has 0 fully saturated rings. The molecule has 0 aliphatic carbocycles. The summed E-state index contributed by atoms with van der Waals surface area (Å²) in [5.74, 6) is -0.0733. The van der Waals surface area contributed by atoms with Crippen molar-refractivity contribution >= 4 is 22.7 Å². The molecule has 0 saturated carbocycles. The van der Waals surface area contributed by atoms with Gasteiger partial charge in [-0.05, 0) is 42.2 Å². The number of nitrogens with zero attached hydrogens (tertiary/aromatic N) is 2. The highest BCUT2D eigenvalue weighted by Gasteiger charge is 2.15. The van der Waals surface area contributed by atoms with Crippen molar-refractivity contribution in [1.82, 2.24) is 4.57 Å². The van der Waals surface area contributed by atoms with Crippen molar-refractivity contribution in [2.75, 3.05) is 0 Å². The number of aryl methyl sites for hydroxylation is 1. The van der Waals surface area contributed by atoms with Gasteiger partial charge in [0.05, 0.1) is 17.8 Å². The second-order valence-electron chi connectivity index (χ2n) is 7.69. The van der Waals surface area contributed by atoms with Gasteiger partial charge in [-0.25, -0.2) is 0 Å². The van der Waals surface area contributed by atoms with E-state index in [4.69, 9.17) is 0 Å². The van der Waals surface area contributed by atoms with Crippen LogP contribution >= 0.6 is 0 Å². The van der Waals surface area contributed by atoms with Crippen molar-refractivity contribution < 1.29 is 5.11 Å². The van der Waals surface area contributed by atoms with Crippen molar-refractivity contribution in [2.24, 2.45) is 4.99 Å². The molecule has 1 aromatic heterocycles. The third-order valence-corrected chi connectivity index (χ3v) is 5.47. The second kappa shape index (κ2) is 9.43. The summed E-state index contributed by atoms with van der Waals surface area (Å²) in [6, 6.07) is 25.1. The lowest BCUT2D eigenvalue weighted by molar-refractivity contribution is 0.416. The Morgan fingerprint density at radius 3 is 2.26 bits per heavy atom. The number of aliphatic imine (C=N–C) groups is 1. The average Bonchev–Trinajstić information content (AvgIpc) is 2.82. The number of hydrogen-bond donors (Lipinski definition) is 1. The highest BCUT2D eigenvalue weighted by Crippen LogP contribution is 2.25. The molecule has 0 aliphatic rings. The van der Waals surface area contributed by atoms with Crippen LogP contribution in [0, 0.1) is 0 Å². The van der Waals surface area contributed by atoms with Gasteiger partial charge in [-0.1, -0.05) is 74.0 Å². The van der Waals surface area contributed by atoms with Gasteiger partial charge in [0.1, 0.15) is 0 Å². The summed E-state index contributed by atoms with van der Waals surface area (Å²) in [5, 5.41) is 12.3. The van der Waals surface area contributed by atoms with Gasteiger partial charge in [-0.3, -0.25) is 14.4 Å². The number of benzene rings is 3. The molecule has 1 heterocycles. The normalized spacial score (nSPS) is 11.4. The highest BCUT2D eigenvalue weighted by atomic mass is 16.3. The molecule has 0 aliphatic heterocycles. The fourth-order valence-corrected chi connectivity index (χ4v) is 3.72. The summed E-state index contributed by atoms with van der Waals surface area (Å²) in [6.45, 7) is 2.48. The average molecular weight is 411 g/mol. The first-order valence-electron chi connectivity index (χ1n) is 10.7. The van der Waals surface area contributed by atoms with E-state index in [1.54, 1.807) is 12.3 Å². The van der Waals surface area contributed by atoms with E-state index in [-0.39, 0.29) is 11.4 Å². The Labute approximate surface area is 182 Å². The number of aromatic hydroxyl groups is 1. The SMILES string of the molecule is CCCCc1ccc(N=Cc2c(O)n(Cc3ccccc3)c(=O)c3ccccc23)cc1. The predicted molar refractivity (Wildman–Crippen MR) is 128 cm³/mol. The van der Waals surface area contributed by atoms with Gasteiger partial charge in [0, 0.05) is 17.0 Å². The van der Waals surface area contributed by atoms with Crippen LogP contribution in [0.25, 0.3) is 10.8 Å². The van der Waals surface area contributed by atoms with Crippen LogP contribution in [0.4, 0.5) is 5.69 Å². The molecule has 31 heavy (non-hydrogen) atoms. The summed E-state index contributed by atoms with van der Waals surface area (Å²) >= 11 is 0. The molecule has 0 bridgehead atoms. The largest absolute Gasteiger partial charge is 0.494 e. The van der Waals surface area contributed by atoms with Crippen LogP contribution in [-0.4, -0.2) is 15.9 Å². The quantitative estimate of drug-likeness (QED) is 0.389. The third kappa shape index (κ3) is 4.58. The van der Waals surface area contributed by atoms with Gasteiger partial charge in [0.2, 0.25) is 5.88 Å². The molecule has 0 saturated heterocycles. The smallest absolute Gasteiger partial charge is 0.261 e. The first-order chi connectivity index (χ1) is 15.2. The Balaban J connectivity index is 1.74. The Hall–Kier alpha value is -3.66. The van der Waals surface area contributed by atoms with Gasteiger partial charge in [-0.15, -0.1) is 0 Å². The van der Waals surface area contributed by atoms with E-state index in [9.17, 15) is 9.90 Å². The minimum atomic E-state index is -0.214. The van der Waals surface area contributed by atoms with Crippen molar-refractivity contribution in [2.45, 2.75) is 32.7 Å². The van der Waals surface area contributed by atoms with Gasteiger partial charge in [-0.2, -0.15) is 0 Å². The lowest BCUT2D eigenvalue weighted by atomic mass is 10.1. The van der Waals surface area contributed by atoms with Crippen LogP contribution < -0.4 is 5.56 Å². The zero-order valence-corrected chi connectivity index (χ0v) is 17.7. The molecule has 0 radical (unpaired) electrons. The number of hydrogen-bond acceptors (Lipinski definition) is 3. The summed E-state index contributed by atoms with van der Waals surface area (Å²) in [5.41, 5.74) is 3.38. The van der Waals surface area contributed by atoms with E-state index in [0.29, 0.717) is 22.9 Å². The molecule has 156 valence electrons. The van der Waals surface area contributed by atoms with Crippen LogP contribution in [-0.2, 0) is 13.0 Å². The van der Waals surface area contributed by atoms with Gasteiger partial charge < -0.3 is 5.11 Å². The van der Waals surface area contributed by atoms with E-state index in [1.807, 2.05) is 60.7 Å². The minimum Gasteiger partial charge on any atom is -0.494 e. The fraction of sp³-hybridized carbons (Fsp3) is 0.185. The molecule has 0 spiro atoms. The molecule has 4 heteroatoms. The lowest BCUT2D eigenvalue weighted by Gasteiger charge is -2.13. The Bertz CT molecular complexity index is 1260. The molecular weight excluding hydrogens is 384 g/mol. The highest BCUT2D eigenvalue weighted by molar-refractivity contribution is 6.02. The maximum atomic E-state index is 13.1. The third-order valence-electron chi connectivity index (χ3n) is 5.47. The summed E-state index contributed by atoms with van der Waals surface area (Å²) < 4.78 is 1.41. The standard InChI is InChI=1S/C27H26N2O2/c1-2-3-9-20-14-16-22(17-15-20)28-18-25-23-12-7-8-13-24(23)26(30)29(27(25)31)19-21-10-5-4-6-11-21/h4-8,10-18,31H,2-3,9,19H2,1H3. The van der Waals surface area contributed by atoms with E-state index in [0.717, 1.165) is 17.7 Å².